The van der Waals surface area contributed by atoms with Crippen LogP contribution in [0.5, 0.6) is 0 Å². The molecule has 0 spiro atoms. The first-order chi connectivity index (χ1) is 11.5. The van der Waals surface area contributed by atoms with Crippen molar-refractivity contribution in [3.05, 3.63) is 64.4 Å². The quantitative estimate of drug-likeness (QED) is 0.879. The average molecular weight is 349 g/mol. The maximum atomic E-state index is 13.2. The number of hydrogen-bond donors (Lipinski definition) is 1. The molecule has 0 saturated carbocycles. The summed E-state index contributed by atoms with van der Waals surface area (Å²) in [5, 5.41) is 2.56. The van der Waals surface area contributed by atoms with Crippen LogP contribution in [0.2, 0.25) is 5.02 Å². The third-order valence-electron chi connectivity index (χ3n) is 3.60. The monoisotopic (exact) mass is 348 g/mol. The first-order valence-corrected chi connectivity index (χ1v) is 7.99. The molecule has 2 rings (SSSR count). The average Bonchev–Trinajstić information content (AvgIpc) is 2.59. The minimum absolute atomic E-state index is 0.0711. The summed E-state index contributed by atoms with van der Waals surface area (Å²) in [6, 6.07) is 10.4. The molecule has 2 aromatic carbocycles. The van der Waals surface area contributed by atoms with Gasteiger partial charge in [-0.15, -0.1) is 0 Å². The highest BCUT2D eigenvalue weighted by molar-refractivity contribution is 6.31. The molecule has 0 atom stereocenters. The van der Waals surface area contributed by atoms with Crippen LogP contribution < -0.4 is 5.32 Å². The van der Waals surface area contributed by atoms with Gasteiger partial charge in [-0.05, 0) is 50.2 Å². The van der Waals surface area contributed by atoms with Gasteiger partial charge in [-0.3, -0.25) is 9.59 Å². The zero-order valence-corrected chi connectivity index (χ0v) is 14.2. The van der Waals surface area contributed by atoms with Gasteiger partial charge in [0.15, 0.2) is 0 Å². The van der Waals surface area contributed by atoms with Crippen LogP contribution in [0.25, 0.3) is 0 Å². The third-order valence-corrected chi connectivity index (χ3v) is 3.89. The number of nitrogens with zero attached hydrogens (tertiary/aromatic N) is 1. The molecular formula is C18H18ClFN2O2. The molecule has 0 aliphatic rings. The predicted molar refractivity (Wildman–Crippen MR) is 93.1 cm³/mol. The van der Waals surface area contributed by atoms with E-state index in [9.17, 15) is 14.0 Å². The van der Waals surface area contributed by atoms with Crippen molar-refractivity contribution in [2.45, 2.75) is 13.8 Å². The molecule has 0 aromatic heterocycles. The van der Waals surface area contributed by atoms with E-state index < -0.39 is 11.7 Å². The van der Waals surface area contributed by atoms with E-state index in [2.05, 4.69) is 5.32 Å². The third kappa shape index (κ3) is 4.11. The van der Waals surface area contributed by atoms with E-state index in [0.717, 1.165) is 0 Å². The van der Waals surface area contributed by atoms with Crippen molar-refractivity contribution >= 4 is 29.1 Å². The summed E-state index contributed by atoms with van der Waals surface area (Å²) < 4.78 is 13.2. The second-order valence-electron chi connectivity index (χ2n) is 5.14. The highest BCUT2D eigenvalue weighted by atomic mass is 35.5. The van der Waals surface area contributed by atoms with Crippen LogP contribution in [0.4, 0.5) is 10.1 Å². The molecule has 0 unspecified atom stereocenters. The number of nitrogens with one attached hydrogen (secondary N) is 1. The fourth-order valence-electron chi connectivity index (χ4n) is 2.26. The minimum Gasteiger partial charge on any atom is -0.339 e. The van der Waals surface area contributed by atoms with E-state index in [1.807, 2.05) is 13.8 Å². The molecule has 0 heterocycles. The zero-order valence-electron chi connectivity index (χ0n) is 13.5. The van der Waals surface area contributed by atoms with Gasteiger partial charge in [0, 0.05) is 29.9 Å². The summed E-state index contributed by atoms with van der Waals surface area (Å²) in [5.74, 6) is -1.08. The summed E-state index contributed by atoms with van der Waals surface area (Å²) in [5.41, 5.74) is 1.17. The van der Waals surface area contributed by atoms with Gasteiger partial charge in [-0.1, -0.05) is 17.7 Å². The number of hydrogen-bond acceptors (Lipinski definition) is 2. The van der Waals surface area contributed by atoms with Crippen molar-refractivity contribution in [1.29, 1.82) is 0 Å². The van der Waals surface area contributed by atoms with Crippen molar-refractivity contribution in [1.82, 2.24) is 4.90 Å². The summed E-state index contributed by atoms with van der Waals surface area (Å²) in [7, 11) is 0. The number of amides is 2. The van der Waals surface area contributed by atoms with Crippen molar-refractivity contribution in [3.8, 4) is 0 Å². The molecule has 0 bridgehead atoms. The Bertz CT molecular complexity index is 760. The fraction of sp³-hybridized carbons (Fsp3) is 0.222. The first-order valence-electron chi connectivity index (χ1n) is 7.62. The van der Waals surface area contributed by atoms with Crippen LogP contribution in [-0.4, -0.2) is 29.8 Å². The Balaban J connectivity index is 2.19. The molecule has 2 aromatic rings. The molecule has 126 valence electrons. The van der Waals surface area contributed by atoms with Crippen LogP contribution in [-0.2, 0) is 0 Å². The number of carbonyl (C=O) groups is 2. The second kappa shape index (κ2) is 7.93. The van der Waals surface area contributed by atoms with Crippen LogP contribution in [0.15, 0.2) is 42.5 Å². The van der Waals surface area contributed by atoms with Crippen molar-refractivity contribution in [2.24, 2.45) is 0 Å². The molecule has 0 radical (unpaired) electrons. The van der Waals surface area contributed by atoms with E-state index in [-0.39, 0.29) is 10.9 Å². The number of rotatable bonds is 5. The first kappa shape index (κ1) is 17.9. The lowest BCUT2D eigenvalue weighted by molar-refractivity contribution is 0.0773. The Morgan fingerprint density at radius 3 is 2.38 bits per heavy atom. The maximum absolute atomic E-state index is 13.2. The van der Waals surface area contributed by atoms with Gasteiger partial charge in [-0.2, -0.15) is 0 Å². The Morgan fingerprint density at radius 1 is 1.08 bits per heavy atom. The van der Waals surface area contributed by atoms with E-state index in [1.54, 1.807) is 29.2 Å². The van der Waals surface area contributed by atoms with Crippen LogP contribution >= 0.6 is 11.6 Å². The number of benzene rings is 2. The van der Waals surface area contributed by atoms with Crippen molar-refractivity contribution in [2.75, 3.05) is 18.4 Å². The highest BCUT2D eigenvalue weighted by Gasteiger charge is 2.15. The summed E-state index contributed by atoms with van der Waals surface area (Å²) >= 11 is 5.70. The number of anilines is 1. The topological polar surface area (TPSA) is 49.4 Å². The molecule has 6 heteroatoms. The zero-order chi connectivity index (χ0) is 17.7. The van der Waals surface area contributed by atoms with Crippen molar-refractivity contribution < 1.29 is 14.0 Å². The van der Waals surface area contributed by atoms with Crippen LogP contribution in [0.3, 0.4) is 0 Å². The molecule has 0 aliphatic carbocycles. The Labute approximate surface area is 145 Å². The number of carbonyl (C=O) groups excluding carboxylic acids is 2. The predicted octanol–water partition coefficient (Wildman–Crippen LogP) is 4.21. The normalized spacial score (nSPS) is 10.3. The van der Waals surface area contributed by atoms with Gasteiger partial charge >= 0.3 is 0 Å². The van der Waals surface area contributed by atoms with E-state index in [4.69, 9.17) is 11.6 Å². The van der Waals surface area contributed by atoms with Gasteiger partial charge in [0.1, 0.15) is 5.82 Å². The molecule has 0 saturated heterocycles. The van der Waals surface area contributed by atoms with Gasteiger partial charge < -0.3 is 10.2 Å². The van der Waals surface area contributed by atoms with Gasteiger partial charge in [0.25, 0.3) is 11.8 Å². The molecular weight excluding hydrogens is 331 g/mol. The molecule has 1 N–H and O–H groups in total. The lowest BCUT2D eigenvalue weighted by Crippen LogP contribution is -2.30. The van der Waals surface area contributed by atoms with Gasteiger partial charge in [0.05, 0.1) is 5.02 Å². The van der Waals surface area contributed by atoms with E-state index in [0.29, 0.717) is 29.9 Å². The van der Waals surface area contributed by atoms with Gasteiger partial charge in [-0.25, -0.2) is 4.39 Å². The van der Waals surface area contributed by atoms with Crippen molar-refractivity contribution in [3.63, 3.8) is 0 Å². The summed E-state index contributed by atoms with van der Waals surface area (Å²) in [4.78, 5) is 26.4. The molecule has 4 nitrogen and oxygen atoms in total. The lowest BCUT2D eigenvalue weighted by atomic mass is 10.1. The van der Waals surface area contributed by atoms with Crippen LogP contribution in [0, 0.1) is 5.82 Å². The molecule has 24 heavy (non-hydrogen) atoms. The maximum Gasteiger partial charge on any atom is 0.255 e. The standard InChI is InChI=1S/C18H18ClFN2O2/c1-3-22(4-2)18(24)13-7-5-6-12(10-13)17(23)21-14-8-9-16(20)15(19)11-14/h5-11H,3-4H2,1-2H3,(H,21,23). The molecule has 0 fully saturated rings. The second-order valence-corrected chi connectivity index (χ2v) is 5.55. The Kier molecular flexibility index (Phi) is 5.93. The largest absolute Gasteiger partial charge is 0.339 e. The lowest BCUT2D eigenvalue weighted by Gasteiger charge is -2.18. The van der Waals surface area contributed by atoms with E-state index >= 15 is 0 Å². The van der Waals surface area contributed by atoms with Crippen LogP contribution in [0.1, 0.15) is 34.6 Å². The molecule has 2 amide bonds. The Hall–Kier alpha value is -2.40. The Morgan fingerprint density at radius 2 is 1.75 bits per heavy atom. The highest BCUT2D eigenvalue weighted by Crippen LogP contribution is 2.20. The van der Waals surface area contributed by atoms with E-state index in [1.165, 1.54) is 18.2 Å². The smallest absolute Gasteiger partial charge is 0.255 e. The molecule has 0 aliphatic heterocycles. The minimum atomic E-state index is -0.554. The summed E-state index contributed by atoms with van der Waals surface area (Å²) in [6.07, 6.45) is 0. The number of halogens is 2. The summed E-state index contributed by atoms with van der Waals surface area (Å²) in [6.45, 7) is 4.99. The fourth-order valence-corrected chi connectivity index (χ4v) is 2.44. The SMILES string of the molecule is CCN(CC)C(=O)c1cccc(C(=O)Nc2ccc(F)c(Cl)c2)c1. The van der Waals surface area contributed by atoms with Gasteiger partial charge in [0.2, 0.25) is 0 Å².